The number of hydrogen-bond acceptors (Lipinski definition) is 4. The maximum atomic E-state index is 12.9. The van der Waals surface area contributed by atoms with Crippen molar-refractivity contribution in [1.82, 2.24) is 9.62 Å². The lowest BCUT2D eigenvalue weighted by Gasteiger charge is -2.18. The van der Waals surface area contributed by atoms with Gasteiger partial charge in [0.25, 0.3) is 5.91 Å². The van der Waals surface area contributed by atoms with E-state index in [1.54, 1.807) is 11.0 Å². The summed E-state index contributed by atoms with van der Waals surface area (Å²) in [6.07, 6.45) is 0.887. The van der Waals surface area contributed by atoms with Crippen LogP contribution in [0.4, 0.5) is 0 Å². The molecule has 1 heterocycles. The smallest absolute Gasteiger partial charge is 0.254 e. The highest BCUT2D eigenvalue weighted by Crippen LogP contribution is 2.22. The lowest BCUT2D eigenvalue weighted by atomic mass is 10.1. The molecule has 1 unspecified atom stereocenters. The van der Waals surface area contributed by atoms with Crippen molar-refractivity contribution in [3.63, 3.8) is 0 Å². The lowest BCUT2D eigenvalue weighted by molar-refractivity contribution is 0.0786. The van der Waals surface area contributed by atoms with Crippen molar-refractivity contribution in [3.05, 3.63) is 65.2 Å². The van der Waals surface area contributed by atoms with Gasteiger partial charge >= 0.3 is 0 Å². The van der Waals surface area contributed by atoms with E-state index >= 15 is 0 Å². The first-order valence-corrected chi connectivity index (χ1v) is 10.5. The molecule has 144 valence electrons. The Bertz CT molecular complexity index is 913. The minimum Gasteiger partial charge on any atom is -0.338 e. The summed E-state index contributed by atoms with van der Waals surface area (Å²) in [5.74, 6) is 0.178. The van der Waals surface area contributed by atoms with Crippen molar-refractivity contribution in [2.24, 2.45) is 11.7 Å². The van der Waals surface area contributed by atoms with Crippen LogP contribution in [0.15, 0.2) is 53.4 Å². The fourth-order valence-electron chi connectivity index (χ4n) is 3.24. The highest BCUT2D eigenvalue weighted by atomic mass is 32.2. The maximum absolute atomic E-state index is 12.9. The van der Waals surface area contributed by atoms with Crippen molar-refractivity contribution in [2.75, 3.05) is 19.6 Å². The lowest BCUT2D eigenvalue weighted by Crippen LogP contribution is -2.31. The number of likely N-dealkylation sites (tertiary alicyclic amines) is 1. The van der Waals surface area contributed by atoms with Crippen molar-refractivity contribution in [3.8, 4) is 0 Å². The van der Waals surface area contributed by atoms with Crippen LogP contribution in [0.3, 0.4) is 0 Å². The topological polar surface area (TPSA) is 92.5 Å². The molecule has 2 aromatic carbocycles. The molecule has 1 amide bonds. The maximum Gasteiger partial charge on any atom is 0.254 e. The van der Waals surface area contributed by atoms with Crippen LogP contribution in [-0.2, 0) is 16.6 Å². The van der Waals surface area contributed by atoms with Gasteiger partial charge in [0.2, 0.25) is 10.0 Å². The summed E-state index contributed by atoms with van der Waals surface area (Å²) in [6, 6.07) is 14.0. The van der Waals surface area contributed by atoms with E-state index in [2.05, 4.69) is 4.72 Å². The van der Waals surface area contributed by atoms with Crippen LogP contribution >= 0.6 is 0 Å². The summed E-state index contributed by atoms with van der Waals surface area (Å²) in [4.78, 5) is 14.7. The molecule has 0 aliphatic carbocycles. The molecule has 27 heavy (non-hydrogen) atoms. The average molecular weight is 388 g/mol. The van der Waals surface area contributed by atoms with Gasteiger partial charge in [0.15, 0.2) is 0 Å². The first-order chi connectivity index (χ1) is 12.9. The predicted octanol–water partition coefficient (Wildman–Crippen LogP) is 1.89. The summed E-state index contributed by atoms with van der Waals surface area (Å²) in [7, 11) is -3.71. The van der Waals surface area contributed by atoms with Gasteiger partial charge in [-0.3, -0.25) is 4.79 Å². The number of carbonyl (C=O) groups excluding carboxylic acids is 1. The summed E-state index contributed by atoms with van der Waals surface area (Å²) in [6.45, 7) is 3.85. The normalized spacial score (nSPS) is 17.3. The van der Waals surface area contributed by atoms with Gasteiger partial charge in [0, 0.05) is 25.2 Å². The largest absolute Gasteiger partial charge is 0.338 e. The fraction of sp³-hybridized carbons (Fsp3) is 0.350. The van der Waals surface area contributed by atoms with Crippen molar-refractivity contribution >= 4 is 15.9 Å². The van der Waals surface area contributed by atoms with Gasteiger partial charge in [0.1, 0.15) is 0 Å². The van der Waals surface area contributed by atoms with E-state index in [4.69, 9.17) is 5.73 Å². The van der Waals surface area contributed by atoms with E-state index in [1.165, 1.54) is 12.1 Å². The molecule has 1 saturated heterocycles. The number of sulfonamides is 1. The standard InChI is InChI=1S/C20H25N3O3S/c1-15-7-8-18(27(25,26)22-13-16-5-3-2-4-6-16)11-19(15)20(24)23-10-9-17(12-21)14-23/h2-8,11,17,22H,9-10,12-14,21H2,1H3. The number of hydrogen-bond donors (Lipinski definition) is 2. The summed E-state index contributed by atoms with van der Waals surface area (Å²) in [5.41, 5.74) is 7.76. The number of rotatable bonds is 6. The molecule has 2 aromatic rings. The molecule has 7 heteroatoms. The van der Waals surface area contributed by atoms with E-state index in [0.29, 0.717) is 31.1 Å². The zero-order valence-electron chi connectivity index (χ0n) is 15.4. The average Bonchev–Trinajstić information content (AvgIpc) is 3.16. The monoisotopic (exact) mass is 387 g/mol. The first kappa shape index (κ1) is 19.5. The third kappa shape index (κ3) is 4.55. The van der Waals surface area contributed by atoms with Crippen LogP contribution in [0.2, 0.25) is 0 Å². The van der Waals surface area contributed by atoms with Crippen LogP contribution < -0.4 is 10.5 Å². The Kier molecular flexibility index (Phi) is 5.94. The van der Waals surface area contributed by atoms with E-state index in [1.807, 2.05) is 37.3 Å². The molecule has 0 bridgehead atoms. The Labute approximate surface area is 160 Å². The van der Waals surface area contributed by atoms with Crippen LogP contribution in [-0.4, -0.2) is 38.9 Å². The number of carbonyl (C=O) groups is 1. The zero-order valence-corrected chi connectivity index (χ0v) is 16.2. The second-order valence-corrected chi connectivity index (χ2v) is 8.70. The summed E-state index contributed by atoms with van der Waals surface area (Å²) < 4.78 is 27.9. The highest BCUT2D eigenvalue weighted by molar-refractivity contribution is 7.89. The fourth-order valence-corrected chi connectivity index (χ4v) is 4.28. The summed E-state index contributed by atoms with van der Waals surface area (Å²) in [5, 5.41) is 0. The molecule has 1 aliphatic rings. The van der Waals surface area contributed by atoms with Gasteiger partial charge in [-0.25, -0.2) is 13.1 Å². The van der Waals surface area contributed by atoms with E-state index in [-0.39, 0.29) is 17.3 Å². The predicted molar refractivity (Wildman–Crippen MR) is 105 cm³/mol. The van der Waals surface area contributed by atoms with Gasteiger partial charge in [-0.05, 0) is 49.1 Å². The number of benzene rings is 2. The summed E-state index contributed by atoms with van der Waals surface area (Å²) >= 11 is 0. The number of nitrogens with two attached hydrogens (primary N) is 1. The first-order valence-electron chi connectivity index (χ1n) is 9.04. The second-order valence-electron chi connectivity index (χ2n) is 6.93. The van der Waals surface area contributed by atoms with Crippen LogP contribution in [0.1, 0.15) is 27.9 Å². The molecule has 1 aliphatic heterocycles. The van der Waals surface area contributed by atoms with Gasteiger partial charge in [-0.1, -0.05) is 36.4 Å². The second kappa shape index (κ2) is 8.21. The van der Waals surface area contributed by atoms with Crippen LogP contribution in [0, 0.1) is 12.8 Å². The van der Waals surface area contributed by atoms with Crippen LogP contribution in [0.5, 0.6) is 0 Å². The van der Waals surface area contributed by atoms with Gasteiger partial charge in [-0.2, -0.15) is 0 Å². The molecule has 1 atom stereocenters. The van der Waals surface area contributed by atoms with Crippen LogP contribution in [0.25, 0.3) is 0 Å². The van der Waals surface area contributed by atoms with Gasteiger partial charge < -0.3 is 10.6 Å². The Balaban J connectivity index is 1.78. The van der Waals surface area contributed by atoms with E-state index in [9.17, 15) is 13.2 Å². The molecular weight excluding hydrogens is 362 g/mol. The van der Waals surface area contributed by atoms with Gasteiger partial charge in [0.05, 0.1) is 4.90 Å². The molecule has 0 saturated carbocycles. The quantitative estimate of drug-likeness (QED) is 0.792. The third-order valence-electron chi connectivity index (χ3n) is 4.97. The molecule has 1 fully saturated rings. The van der Waals surface area contributed by atoms with E-state index < -0.39 is 10.0 Å². The number of nitrogens with zero attached hydrogens (tertiary/aromatic N) is 1. The minimum absolute atomic E-state index is 0.0990. The Morgan fingerprint density at radius 3 is 2.63 bits per heavy atom. The Morgan fingerprint density at radius 1 is 1.22 bits per heavy atom. The molecule has 3 N–H and O–H groups in total. The molecule has 0 radical (unpaired) electrons. The number of aryl methyl sites for hydroxylation is 1. The van der Waals surface area contributed by atoms with E-state index in [0.717, 1.165) is 17.5 Å². The molecule has 3 rings (SSSR count). The number of nitrogens with one attached hydrogen (secondary N) is 1. The Morgan fingerprint density at radius 2 is 1.96 bits per heavy atom. The molecule has 0 spiro atoms. The van der Waals surface area contributed by atoms with Crippen molar-refractivity contribution in [1.29, 1.82) is 0 Å². The zero-order chi connectivity index (χ0) is 19.4. The minimum atomic E-state index is -3.71. The molecular formula is C20H25N3O3S. The van der Waals surface area contributed by atoms with Crippen molar-refractivity contribution < 1.29 is 13.2 Å². The number of amides is 1. The highest BCUT2D eigenvalue weighted by Gasteiger charge is 2.27. The van der Waals surface area contributed by atoms with Gasteiger partial charge in [-0.15, -0.1) is 0 Å². The molecule has 0 aromatic heterocycles. The molecule has 6 nitrogen and oxygen atoms in total. The third-order valence-corrected chi connectivity index (χ3v) is 6.36. The SMILES string of the molecule is Cc1ccc(S(=O)(=O)NCc2ccccc2)cc1C(=O)N1CCC(CN)C1. The Hall–Kier alpha value is -2.22. The van der Waals surface area contributed by atoms with Crippen molar-refractivity contribution in [2.45, 2.75) is 24.8 Å².